The number of rotatable bonds is 7. The number of amides is 1. The fourth-order valence-electron chi connectivity index (χ4n) is 1.83. The quantitative estimate of drug-likeness (QED) is 0.458. The zero-order valence-corrected chi connectivity index (χ0v) is 13.1. The van der Waals surface area contributed by atoms with Gasteiger partial charge in [-0.25, -0.2) is 13.6 Å². The number of nitro benzene ring substituents is 1. The normalized spacial score (nSPS) is 10.1. The van der Waals surface area contributed by atoms with Crippen molar-refractivity contribution in [2.75, 3.05) is 18.5 Å². The minimum atomic E-state index is -0.982. The van der Waals surface area contributed by atoms with E-state index in [1.165, 1.54) is 24.3 Å². The molecule has 26 heavy (non-hydrogen) atoms. The third kappa shape index (κ3) is 5.23. The number of nitrogens with one attached hydrogen (secondary N) is 1. The Morgan fingerprint density at radius 2 is 1.85 bits per heavy atom. The predicted octanol–water partition coefficient (Wildman–Crippen LogP) is 2.43. The molecule has 0 bridgehead atoms. The van der Waals surface area contributed by atoms with Crippen molar-refractivity contribution in [3.05, 3.63) is 64.2 Å². The molecule has 0 heterocycles. The molecule has 0 atom stereocenters. The molecule has 8 nitrogen and oxygen atoms in total. The lowest BCUT2D eigenvalue weighted by atomic mass is 10.3. The van der Waals surface area contributed by atoms with Gasteiger partial charge in [0.1, 0.15) is 11.6 Å². The van der Waals surface area contributed by atoms with Gasteiger partial charge in [-0.15, -0.1) is 0 Å². The van der Waals surface area contributed by atoms with Gasteiger partial charge >= 0.3 is 11.7 Å². The molecular weight excluding hydrogens is 354 g/mol. The van der Waals surface area contributed by atoms with Crippen LogP contribution in [0.15, 0.2) is 42.5 Å². The second kappa shape index (κ2) is 8.51. The number of nitrogens with zero attached hydrogens (tertiary/aromatic N) is 1. The largest absolute Gasteiger partial charge is 0.475 e. The van der Waals surface area contributed by atoms with E-state index in [4.69, 9.17) is 4.74 Å². The van der Waals surface area contributed by atoms with Gasteiger partial charge in [0.15, 0.2) is 19.0 Å². The Kier molecular flexibility index (Phi) is 6.15. The number of anilines is 1. The molecule has 1 amide bonds. The first-order valence-corrected chi connectivity index (χ1v) is 7.13. The summed E-state index contributed by atoms with van der Waals surface area (Å²) in [6.45, 7) is -1.40. The van der Waals surface area contributed by atoms with E-state index >= 15 is 0 Å². The summed E-state index contributed by atoms with van der Waals surface area (Å²) < 4.78 is 35.8. The first-order valence-electron chi connectivity index (χ1n) is 7.13. The maximum absolute atomic E-state index is 13.4. The molecule has 0 fully saturated rings. The van der Waals surface area contributed by atoms with E-state index in [2.05, 4.69) is 10.1 Å². The Bertz CT molecular complexity index is 843. The van der Waals surface area contributed by atoms with E-state index < -0.39 is 41.6 Å². The zero-order chi connectivity index (χ0) is 19.1. The molecule has 2 rings (SSSR count). The van der Waals surface area contributed by atoms with Crippen LogP contribution in [0.4, 0.5) is 20.2 Å². The van der Waals surface area contributed by atoms with Crippen LogP contribution in [-0.2, 0) is 14.3 Å². The van der Waals surface area contributed by atoms with Crippen LogP contribution in [0.1, 0.15) is 0 Å². The number of carbonyl (C=O) groups excluding carboxylic acids is 2. The van der Waals surface area contributed by atoms with Gasteiger partial charge in [0, 0.05) is 12.1 Å². The average molecular weight is 366 g/mol. The third-order valence-electron chi connectivity index (χ3n) is 2.98. The topological polar surface area (TPSA) is 108 Å². The number of ether oxygens (including phenoxy) is 2. The monoisotopic (exact) mass is 366 g/mol. The summed E-state index contributed by atoms with van der Waals surface area (Å²) in [6.07, 6.45) is 0. The highest BCUT2D eigenvalue weighted by molar-refractivity contribution is 5.92. The van der Waals surface area contributed by atoms with E-state index in [0.29, 0.717) is 6.07 Å². The van der Waals surface area contributed by atoms with Gasteiger partial charge in [0.25, 0.3) is 5.91 Å². The van der Waals surface area contributed by atoms with Crippen molar-refractivity contribution in [2.45, 2.75) is 0 Å². The molecule has 0 radical (unpaired) electrons. The van der Waals surface area contributed by atoms with Gasteiger partial charge in [-0.1, -0.05) is 12.1 Å². The molecule has 1 N–H and O–H groups in total. The van der Waals surface area contributed by atoms with Crippen molar-refractivity contribution in [3.63, 3.8) is 0 Å². The van der Waals surface area contributed by atoms with E-state index in [0.717, 1.165) is 12.1 Å². The first kappa shape index (κ1) is 18.8. The second-order valence-electron chi connectivity index (χ2n) is 4.85. The molecule has 2 aromatic rings. The predicted molar refractivity (Wildman–Crippen MR) is 84.5 cm³/mol. The molecular formula is C16H12F2N2O6. The van der Waals surface area contributed by atoms with Crippen LogP contribution < -0.4 is 10.1 Å². The average Bonchev–Trinajstić information content (AvgIpc) is 2.60. The summed E-state index contributed by atoms with van der Waals surface area (Å²) in [7, 11) is 0. The standard InChI is InChI=1S/C16H12F2N2O6/c17-10-5-6-12(11(18)7-10)19-15(21)8-26-16(22)9-25-14-4-2-1-3-13(14)20(23)24/h1-7H,8-9H2,(H,19,21). The minimum absolute atomic E-state index is 0.132. The van der Waals surface area contributed by atoms with Crippen LogP contribution in [0.3, 0.4) is 0 Å². The fraction of sp³-hybridized carbons (Fsp3) is 0.125. The molecule has 0 aliphatic carbocycles. The lowest BCUT2D eigenvalue weighted by Crippen LogP contribution is -2.24. The number of halogens is 2. The van der Waals surface area contributed by atoms with Crippen LogP contribution in [0.5, 0.6) is 5.75 Å². The van der Waals surface area contributed by atoms with Gasteiger partial charge in [0.2, 0.25) is 0 Å². The summed E-state index contributed by atoms with van der Waals surface area (Å²) in [5.41, 5.74) is -0.603. The molecule has 136 valence electrons. The summed E-state index contributed by atoms with van der Waals surface area (Å²) >= 11 is 0. The maximum atomic E-state index is 13.4. The van der Waals surface area contributed by atoms with Crippen molar-refractivity contribution >= 4 is 23.3 Å². The number of nitro groups is 1. The van der Waals surface area contributed by atoms with Gasteiger partial charge in [0.05, 0.1) is 10.6 Å². The number of esters is 1. The van der Waals surface area contributed by atoms with Crippen molar-refractivity contribution in [1.82, 2.24) is 0 Å². The minimum Gasteiger partial charge on any atom is -0.475 e. The van der Waals surface area contributed by atoms with Gasteiger partial charge in [-0.05, 0) is 18.2 Å². The Labute approximate surface area is 145 Å². The van der Waals surface area contributed by atoms with Crippen LogP contribution >= 0.6 is 0 Å². The van der Waals surface area contributed by atoms with Crippen molar-refractivity contribution in [3.8, 4) is 5.75 Å². The number of benzene rings is 2. The highest BCUT2D eigenvalue weighted by atomic mass is 19.1. The third-order valence-corrected chi connectivity index (χ3v) is 2.98. The maximum Gasteiger partial charge on any atom is 0.344 e. The van der Waals surface area contributed by atoms with Crippen LogP contribution in [0.25, 0.3) is 0 Å². The number of hydrogen-bond acceptors (Lipinski definition) is 6. The van der Waals surface area contributed by atoms with E-state index in [-0.39, 0.29) is 17.1 Å². The summed E-state index contributed by atoms with van der Waals surface area (Å²) in [6, 6.07) is 7.97. The lowest BCUT2D eigenvalue weighted by Gasteiger charge is -2.08. The van der Waals surface area contributed by atoms with E-state index in [1.807, 2.05) is 0 Å². The zero-order valence-electron chi connectivity index (χ0n) is 13.1. The molecule has 0 saturated carbocycles. The lowest BCUT2D eigenvalue weighted by molar-refractivity contribution is -0.385. The fourth-order valence-corrected chi connectivity index (χ4v) is 1.83. The molecule has 0 aliphatic heterocycles. The molecule has 0 spiro atoms. The number of carbonyl (C=O) groups is 2. The van der Waals surface area contributed by atoms with Crippen LogP contribution in [0, 0.1) is 21.7 Å². The highest BCUT2D eigenvalue weighted by Gasteiger charge is 2.16. The van der Waals surface area contributed by atoms with Gasteiger partial charge < -0.3 is 14.8 Å². The van der Waals surface area contributed by atoms with Crippen LogP contribution in [-0.4, -0.2) is 30.0 Å². The van der Waals surface area contributed by atoms with E-state index in [1.54, 1.807) is 0 Å². The Morgan fingerprint density at radius 3 is 2.54 bits per heavy atom. The van der Waals surface area contributed by atoms with Crippen LogP contribution in [0.2, 0.25) is 0 Å². The number of hydrogen-bond donors (Lipinski definition) is 1. The Hall–Kier alpha value is -3.56. The van der Waals surface area contributed by atoms with Gasteiger partial charge in [-0.2, -0.15) is 0 Å². The number of para-hydroxylation sites is 2. The first-order chi connectivity index (χ1) is 12.4. The highest BCUT2D eigenvalue weighted by Crippen LogP contribution is 2.25. The van der Waals surface area contributed by atoms with Crippen molar-refractivity contribution < 1.29 is 32.8 Å². The molecule has 0 aromatic heterocycles. The summed E-state index contributed by atoms with van der Waals surface area (Å²) in [5, 5.41) is 12.9. The Balaban J connectivity index is 1.81. The smallest absolute Gasteiger partial charge is 0.344 e. The molecule has 2 aromatic carbocycles. The van der Waals surface area contributed by atoms with Crippen molar-refractivity contribution in [1.29, 1.82) is 0 Å². The Morgan fingerprint density at radius 1 is 1.12 bits per heavy atom. The summed E-state index contributed by atoms with van der Waals surface area (Å²) in [5.74, 6) is -3.73. The molecule has 0 unspecified atom stereocenters. The second-order valence-corrected chi connectivity index (χ2v) is 4.85. The SMILES string of the molecule is O=C(COC(=O)COc1ccccc1[N+](=O)[O-])Nc1ccc(F)cc1F. The van der Waals surface area contributed by atoms with Crippen molar-refractivity contribution in [2.24, 2.45) is 0 Å². The summed E-state index contributed by atoms with van der Waals surface area (Å²) in [4.78, 5) is 33.3. The van der Waals surface area contributed by atoms with Gasteiger partial charge in [-0.3, -0.25) is 14.9 Å². The molecule has 0 saturated heterocycles. The molecule has 0 aliphatic rings. The molecule has 10 heteroatoms. The van der Waals surface area contributed by atoms with E-state index in [9.17, 15) is 28.5 Å².